The molecule has 3 N–H and O–H groups in total. The van der Waals surface area contributed by atoms with Crippen molar-refractivity contribution in [2.45, 2.75) is 18.2 Å². The zero-order valence-electron chi connectivity index (χ0n) is 14.2. The average molecular weight is 511 g/mol. The number of H-pyrrole nitrogens is 1. The number of aromatic hydroxyl groups is 1. The lowest BCUT2D eigenvalue weighted by molar-refractivity contribution is -0.759. The van der Waals surface area contributed by atoms with Gasteiger partial charge in [-0.2, -0.15) is 0 Å². The van der Waals surface area contributed by atoms with Crippen LogP contribution < -0.4 is 15.6 Å². The van der Waals surface area contributed by atoms with Crippen molar-refractivity contribution in [1.82, 2.24) is 10.1 Å². The monoisotopic (exact) mass is 509 g/mol. The maximum absolute atomic E-state index is 12.9. The normalized spacial score (nSPS) is 15.0. The number of phenols is 1. The van der Waals surface area contributed by atoms with Crippen molar-refractivity contribution in [2.75, 3.05) is 11.1 Å². The van der Waals surface area contributed by atoms with E-state index in [4.69, 9.17) is 0 Å². The summed E-state index contributed by atoms with van der Waals surface area (Å²) in [6.45, 7) is 2.01. The van der Waals surface area contributed by atoms with Crippen LogP contribution in [0, 0.1) is 0 Å². The Kier molecular flexibility index (Phi) is 5.00. The van der Waals surface area contributed by atoms with Gasteiger partial charge in [-0.15, -0.1) is 0 Å². The molecule has 0 saturated carbocycles. The van der Waals surface area contributed by atoms with Crippen LogP contribution in [-0.4, -0.2) is 20.9 Å². The molecule has 0 unspecified atom stereocenters. The Morgan fingerprint density at radius 3 is 2.81 bits per heavy atom. The standard InChI is InChI=1S/C18H14Br2N4O2S/c1-2-27-18-22-17(26)15-11-8-10(19)4-5-13(11)21-16(24(15)23-18)9-3-6-14(25)12(20)7-9/h3-8,16H,2H2,1H3,(H2,22,23,25,26)/p+1/t16-/m1/s1. The van der Waals surface area contributed by atoms with Crippen LogP contribution in [-0.2, 0) is 0 Å². The van der Waals surface area contributed by atoms with Gasteiger partial charge in [-0.05, 0) is 62.8 Å². The molecule has 0 amide bonds. The van der Waals surface area contributed by atoms with Gasteiger partial charge in [-0.3, -0.25) is 9.78 Å². The van der Waals surface area contributed by atoms with Crippen molar-refractivity contribution in [1.29, 1.82) is 0 Å². The maximum atomic E-state index is 12.9. The second-order valence-corrected chi connectivity index (χ2v) is 8.96. The van der Waals surface area contributed by atoms with Crippen LogP contribution in [0.2, 0.25) is 0 Å². The van der Waals surface area contributed by atoms with Crippen molar-refractivity contribution in [2.24, 2.45) is 0 Å². The summed E-state index contributed by atoms with van der Waals surface area (Å²) in [5, 5.41) is 18.5. The molecular weight excluding hydrogens is 496 g/mol. The fourth-order valence-corrected chi connectivity index (χ4v) is 4.37. The summed E-state index contributed by atoms with van der Waals surface area (Å²) in [4.78, 5) is 15.8. The van der Waals surface area contributed by atoms with Crippen LogP contribution in [0.3, 0.4) is 0 Å². The molecule has 3 aromatic rings. The molecular formula is C18H15Br2N4O2S+. The van der Waals surface area contributed by atoms with Crippen molar-refractivity contribution >= 4 is 49.3 Å². The Morgan fingerprint density at radius 2 is 2.07 bits per heavy atom. The molecule has 4 rings (SSSR count). The molecule has 2 heterocycles. The van der Waals surface area contributed by atoms with Crippen LogP contribution >= 0.6 is 43.6 Å². The molecule has 0 radical (unpaired) electrons. The summed E-state index contributed by atoms with van der Waals surface area (Å²) in [5.41, 5.74) is 2.78. The molecule has 138 valence electrons. The number of thioether (sulfide) groups is 1. The predicted octanol–water partition coefficient (Wildman–Crippen LogP) is 4.04. The van der Waals surface area contributed by atoms with Gasteiger partial charge in [0.25, 0.3) is 6.17 Å². The number of hydrogen-bond acceptors (Lipinski definition) is 5. The van der Waals surface area contributed by atoms with Crippen LogP contribution in [0.1, 0.15) is 18.7 Å². The Hall–Kier alpha value is -1.84. The van der Waals surface area contributed by atoms with Gasteiger partial charge in [-0.1, -0.05) is 34.6 Å². The van der Waals surface area contributed by atoms with E-state index in [0.717, 1.165) is 27.0 Å². The number of phenolic OH excluding ortho intramolecular Hbond substituents is 1. The minimum Gasteiger partial charge on any atom is -0.507 e. The minimum atomic E-state index is -0.385. The first-order valence-corrected chi connectivity index (χ1v) is 10.8. The highest BCUT2D eigenvalue weighted by Gasteiger charge is 2.38. The van der Waals surface area contributed by atoms with Crippen LogP contribution in [0.15, 0.2) is 55.3 Å². The molecule has 0 bridgehead atoms. The molecule has 2 aromatic carbocycles. The Morgan fingerprint density at radius 1 is 1.26 bits per heavy atom. The zero-order chi connectivity index (χ0) is 19.1. The highest BCUT2D eigenvalue weighted by molar-refractivity contribution is 9.10. The quantitative estimate of drug-likeness (QED) is 0.366. The summed E-state index contributed by atoms with van der Waals surface area (Å²) in [7, 11) is 0. The molecule has 9 heteroatoms. The highest BCUT2D eigenvalue weighted by atomic mass is 79.9. The molecule has 0 spiro atoms. The fourth-order valence-electron chi connectivity index (χ4n) is 3.03. The number of rotatable bonds is 3. The highest BCUT2D eigenvalue weighted by Crippen LogP contribution is 2.35. The van der Waals surface area contributed by atoms with E-state index in [1.807, 2.05) is 37.3 Å². The van der Waals surface area contributed by atoms with Crippen molar-refractivity contribution < 1.29 is 9.79 Å². The van der Waals surface area contributed by atoms with Gasteiger partial charge < -0.3 is 10.4 Å². The van der Waals surface area contributed by atoms with Crippen molar-refractivity contribution in [3.63, 3.8) is 0 Å². The van der Waals surface area contributed by atoms with E-state index in [-0.39, 0.29) is 17.5 Å². The molecule has 1 aromatic heterocycles. The maximum Gasteiger partial charge on any atom is 0.325 e. The van der Waals surface area contributed by atoms with Crippen LogP contribution in [0.4, 0.5) is 5.69 Å². The Balaban J connectivity index is 1.97. The van der Waals surface area contributed by atoms with Gasteiger partial charge in [0.05, 0.1) is 15.7 Å². The molecule has 0 aliphatic carbocycles. The summed E-state index contributed by atoms with van der Waals surface area (Å²) in [5.74, 6) is 0.956. The molecule has 1 aliphatic heterocycles. The number of benzene rings is 2. The number of nitrogens with zero attached hydrogens (tertiary/aromatic N) is 2. The lowest BCUT2D eigenvalue weighted by Gasteiger charge is -2.22. The Bertz CT molecular complexity index is 1100. The Labute approximate surface area is 176 Å². The molecule has 1 aliphatic rings. The molecule has 27 heavy (non-hydrogen) atoms. The second-order valence-electron chi connectivity index (χ2n) is 5.93. The number of anilines is 1. The summed E-state index contributed by atoms with van der Waals surface area (Å²) >= 11 is 8.31. The van der Waals surface area contributed by atoms with Gasteiger partial charge in [0.15, 0.2) is 0 Å². The first kappa shape index (κ1) is 18.5. The van der Waals surface area contributed by atoms with Crippen LogP contribution in [0.5, 0.6) is 5.75 Å². The fraction of sp³-hybridized carbons (Fsp3) is 0.167. The lowest BCUT2D eigenvalue weighted by Crippen LogP contribution is -2.55. The first-order chi connectivity index (χ1) is 13.0. The summed E-state index contributed by atoms with van der Waals surface area (Å²) in [6, 6.07) is 11.0. The third-order valence-electron chi connectivity index (χ3n) is 4.21. The number of nitrogens with one attached hydrogen (secondary N) is 2. The molecule has 6 nitrogen and oxygen atoms in total. The molecule has 0 fully saturated rings. The number of halogens is 2. The van der Waals surface area contributed by atoms with E-state index < -0.39 is 0 Å². The number of hydrogen-bond donors (Lipinski definition) is 3. The second kappa shape index (κ2) is 7.29. The van der Waals surface area contributed by atoms with E-state index in [1.165, 1.54) is 11.8 Å². The smallest absolute Gasteiger partial charge is 0.325 e. The average Bonchev–Trinajstić information content (AvgIpc) is 2.63. The van der Waals surface area contributed by atoms with Crippen LogP contribution in [0.25, 0.3) is 11.3 Å². The molecule has 0 saturated heterocycles. The van der Waals surface area contributed by atoms with E-state index >= 15 is 0 Å². The predicted molar refractivity (Wildman–Crippen MR) is 112 cm³/mol. The van der Waals surface area contributed by atoms with E-state index in [1.54, 1.807) is 10.7 Å². The third-order valence-corrected chi connectivity index (χ3v) is 6.08. The largest absolute Gasteiger partial charge is 0.507 e. The SMILES string of the molecule is CCSc1n[n+]2c(c(=O)[nH]1)-c1cc(Br)ccc1N[C@H]2c1ccc(O)c(Br)c1. The van der Waals surface area contributed by atoms with Crippen molar-refractivity contribution in [3.8, 4) is 17.0 Å². The summed E-state index contributed by atoms with van der Waals surface area (Å²) < 4.78 is 3.18. The van der Waals surface area contributed by atoms with Crippen molar-refractivity contribution in [3.05, 3.63) is 61.3 Å². The van der Waals surface area contributed by atoms with E-state index in [2.05, 4.69) is 47.3 Å². The number of aromatic nitrogens is 3. The minimum absolute atomic E-state index is 0.158. The van der Waals surface area contributed by atoms with E-state index in [0.29, 0.717) is 15.3 Å². The van der Waals surface area contributed by atoms with Gasteiger partial charge in [0.1, 0.15) is 5.75 Å². The first-order valence-electron chi connectivity index (χ1n) is 8.21. The number of fused-ring (bicyclic) bond motifs is 3. The van der Waals surface area contributed by atoms with Gasteiger partial charge in [0.2, 0.25) is 5.16 Å². The van der Waals surface area contributed by atoms with Gasteiger partial charge in [0, 0.05) is 15.1 Å². The van der Waals surface area contributed by atoms with Gasteiger partial charge in [-0.25, -0.2) is 0 Å². The van der Waals surface area contributed by atoms with E-state index in [9.17, 15) is 9.90 Å². The number of aromatic amines is 1. The third kappa shape index (κ3) is 3.39. The molecule has 1 atom stereocenters. The van der Waals surface area contributed by atoms with Gasteiger partial charge >= 0.3 is 11.3 Å². The zero-order valence-corrected chi connectivity index (χ0v) is 18.2. The summed E-state index contributed by atoms with van der Waals surface area (Å²) in [6.07, 6.45) is -0.385. The lowest BCUT2D eigenvalue weighted by atomic mass is 10.0. The topological polar surface area (TPSA) is 81.9 Å².